The quantitative estimate of drug-likeness (QED) is 0.401. The Morgan fingerprint density at radius 2 is 1.56 bits per heavy atom. The van der Waals surface area contributed by atoms with Crippen LogP contribution in [0.5, 0.6) is 0 Å². The first-order chi connectivity index (χ1) is 3.81. The maximum Gasteiger partial charge on any atom is 0.463 e. The Balaban J connectivity index is 4.39. The molecule has 1 unspecified atom stereocenters. The fourth-order valence-corrected chi connectivity index (χ4v) is 0.0634. The van der Waals surface area contributed by atoms with Crippen molar-refractivity contribution in [3.05, 3.63) is 0 Å². The summed E-state index contributed by atoms with van der Waals surface area (Å²) >= 11 is 0. The van der Waals surface area contributed by atoms with Crippen molar-refractivity contribution >= 4 is 0 Å². The van der Waals surface area contributed by atoms with Crippen LogP contribution in [0.1, 0.15) is 0 Å². The van der Waals surface area contributed by atoms with E-state index in [-0.39, 0.29) is 6.07 Å². The van der Waals surface area contributed by atoms with E-state index in [0.29, 0.717) is 0 Å². The Hall–Kier alpha value is -0.830. The van der Waals surface area contributed by atoms with Crippen molar-refractivity contribution in [3.8, 4) is 6.07 Å². The van der Waals surface area contributed by atoms with Crippen molar-refractivity contribution in [2.24, 2.45) is 0 Å². The molecule has 1 atom stereocenters. The lowest BCUT2D eigenvalue weighted by Gasteiger charge is -2.12. The van der Waals surface area contributed by atoms with Crippen molar-refractivity contribution in [2.45, 2.75) is 12.0 Å². The van der Waals surface area contributed by atoms with E-state index in [0.717, 1.165) is 0 Å². The lowest BCUT2D eigenvalue weighted by Crippen LogP contribution is -2.38. The summed E-state index contributed by atoms with van der Waals surface area (Å²) < 4.78 is 44.4. The van der Waals surface area contributed by atoms with E-state index in [2.05, 4.69) is 0 Å². The maximum atomic E-state index is 11.4. The Morgan fingerprint density at radius 1 is 1.22 bits per heavy atom. The van der Waals surface area contributed by atoms with Gasteiger partial charge in [0.25, 0.3) is 0 Å². The molecule has 1 N–H and O–H groups in total. The summed E-state index contributed by atoms with van der Waals surface area (Å²) in [6.45, 7) is 0. The Labute approximate surface area is 47.3 Å². The van der Waals surface area contributed by atoms with Crippen LogP contribution >= 0.6 is 0 Å². The normalized spacial score (nSPS) is 18.2. The molecule has 2 nitrogen and oxygen atoms in total. The second-order valence-corrected chi connectivity index (χ2v) is 1.23. The number of halogens is 4. The van der Waals surface area contributed by atoms with E-state index >= 15 is 0 Å². The van der Waals surface area contributed by atoms with Gasteiger partial charge >= 0.3 is 12.0 Å². The van der Waals surface area contributed by atoms with Crippen LogP contribution in [0.25, 0.3) is 0 Å². The zero-order chi connectivity index (χ0) is 7.71. The summed E-state index contributed by atoms with van der Waals surface area (Å²) in [4.78, 5) is 0. The fraction of sp³-hybridized carbons (Fsp3) is 0.667. The molecule has 0 heterocycles. The summed E-state index contributed by atoms with van der Waals surface area (Å²) in [5.41, 5.74) is 0. The molecule has 0 spiro atoms. The molecule has 0 amide bonds. The van der Waals surface area contributed by atoms with Crippen molar-refractivity contribution in [1.82, 2.24) is 0 Å². The van der Waals surface area contributed by atoms with E-state index in [1.165, 1.54) is 0 Å². The van der Waals surface area contributed by atoms with Crippen LogP contribution in [0.15, 0.2) is 0 Å². The van der Waals surface area contributed by atoms with Gasteiger partial charge in [-0.15, -0.1) is 0 Å². The lowest BCUT2D eigenvalue weighted by atomic mass is 10.3. The Kier molecular flexibility index (Phi) is 1.67. The van der Waals surface area contributed by atoms with Gasteiger partial charge in [0.2, 0.25) is 0 Å². The van der Waals surface area contributed by atoms with Crippen LogP contribution in [0.2, 0.25) is 0 Å². The monoisotopic (exact) mass is 143 g/mol. The number of nitriles is 1. The molecule has 52 valence electrons. The highest BCUT2D eigenvalue weighted by Gasteiger charge is 2.56. The second kappa shape index (κ2) is 1.84. The SMILES string of the molecule is N#CC(O)(F)C(F)(F)F. The predicted molar refractivity (Wildman–Crippen MR) is 17.7 cm³/mol. The first-order valence-corrected chi connectivity index (χ1v) is 1.70. The maximum absolute atomic E-state index is 11.4. The minimum Gasteiger partial charge on any atom is -0.344 e. The van der Waals surface area contributed by atoms with E-state index < -0.39 is 12.0 Å². The number of nitrogens with zero attached hydrogens (tertiary/aromatic N) is 1. The average Bonchev–Trinajstić information content (AvgIpc) is 1.64. The van der Waals surface area contributed by atoms with E-state index in [1.54, 1.807) is 0 Å². The molecule has 0 saturated carbocycles. The molecule has 0 aromatic rings. The summed E-state index contributed by atoms with van der Waals surface area (Å²) in [5.74, 6) is -4.72. The number of hydrogen-bond acceptors (Lipinski definition) is 2. The van der Waals surface area contributed by atoms with Gasteiger partial charge in [-0.25, -0.2) is 0 Å². The second-order valence-electron chi connectivity index (χ2n) is 1.23. The molecule has 0 fully saturated rings. The van der Waals surface area contributed by atoms with Gasteiger partial charge < -0.3 is 5.11 Å². The van der Waals surface area contributed by atoms with Crippen LogP contribution in [0.3, 0.4) is 0 Å². The summed E-state index contributed by atoms with van der Waals surface area (Å²) in [7, 11) is 0. The zero-order valence-corrected chi connectivity index (χ0v) is 3.91. The number of hydrogen-bond donors (Lipinski definition) is 1. The molecular formula is C3HF4NO. The third-order valence-corrected chi connectivity index (χ3v) is 0.524. The average molecular weight is 143 g/mol. The highest BCUT2D eigenvalue weighted by molar-refractivity contribution is 4.96. The minimum atomic E-state index is -5.53. The van der Waals surface area contributed by atoms with Crippen molar-refractivity contribution in [2.75, 3.05) is 0 Å². The van der Waals surface area contributed by atoms with Crippen molar-refractivity contribution < 1.29 is 22.7 Å². The summed E-state index contributed by atoms with van der Waals surface area (Å²) in [6, 6.07) is 0.0451. The molecule has 0 bridgehead atoms. The smallest absolute Gasteiger partial charge is 0.344 e. The predicted octanol–water partition coefficient (Wildman–Crippen LogP) is 0.730. The highest BCUT2D eigenvalue weighted by atomic mass is 19.4. The van der Waals surface area contributed by atoms with Crippen molar-refractivity contribution in [1.29, 1.82) is 5.26 Å². The first kappa shape index (κ1) is 8.17. The standard InChI is InChI=1S/C3HF4NO/c4-2(9,1-8)3(5,6)7/h9H. The number of rotatable bonds is 0. The topological polar surface area (TPSA) is 44.0 Å². The summed E-state index contributed by atoms with van der Waals surface area (Å²) in [5, 5.41) is 14.8. The van der Waals surface area contributed by atoms with Gasteiger partial charge in [-0.2, -0.15) is 22.8 Å². The fourth-order valence-electron chi connectivity index (χ4n) is 0.0634. The molecule has 0 rings (SSSR count). The minimum absolute atomic E-state index is 0.0451. The first-order valence-electron chi connectivity index (χ1n) is 1.70. The Morgan fingerprint density at radius 3 is 1.56 bits per heavy atom. The van der Waals surface area contributed by atoms with E-state index in [9.17, 15) is 17.6 Å². The molecule has 6 heteroatoms. The molecule has 0 aliphatic heterocycles. The lowest BCUT2D eigenvalue weighted by molar-refractivity contribution is -0.286. The number of alkyl halides is 4. The zero-order valence-electron chi connectivity index (χ0n) is 3.91. The molecule has 9 heavy (non-hydrogen) atoms. The molecular weight excluding hydrogens is 142 g/mol. The largest absolute Gasteiger partial charge is 0.463 e. The molecule has 0 aliphatic rings. The molecule has 0 radical (unpaired) electrons. The Bertz CT molecular complexity index is 143. The molecule has 0 saturated heterocycles. The van der Waals surface area contributed by atoms with E-state index in [1.807, 2.05) is 0 Å². The van der Waals surface area contributed by atoms with E-state index in [4.69, 9.17) is 10.4 Å². The van der Waals surface area contributed by atoms with Crippen molar-refractivity contribution in [3.63, 3.8) is 0 Å². The third kappa shape index (κ3) is 1.54. The van der Waals surface area contributed by atoms with Gasteiger partial charge in [0.1, 0.15) is 6.07 Å². The van der Waals surface area contributed by atoms with Gasteiger partial charge in [-0.1, -0.05) is 0 Å². The van der Waals surface area contributed by atoms with Gasteiger partial charge in [0, 0.05) is 0 Å². The van der Waals surface area contributed by atoms with Crippen LogP contribution in [-0.4, -0.2) is 17.1 Å². The van der Waals surface area contributed by atoms with Gasteiger partial charge in [0.15, 0.2) is 0 Å². The third-order valence-electron chi connectivity index (χ3n) is 0.524. The number of aliphatic hydroxyl groups is 1. The van der Waals surface area contributed by atoms with Gasteiger partial charge in [-0.05, 0) is 0 Å². The summed E-state index contributed by atoms with van der Waals surface area (Å²) in [6.07, 6.45) is -5.53. The van der Waals surface area contributed by atoms with Crippen LogP contribution in [-0.2, 0) is 0 Å². The van der Waals surface area contributed by atoms with Gasteiger partial charge in [0.05, 0.1) is 0 Å². The molecule has 0 aliphatic carbocycles. The van der Waals surface area contributed by atoms with Crippen LogP contribution in [0, 0.1) is 11.3 Å². The molecule has 0 aromatic heterocycles. The highest BCUT2D eigenvalue weighted by Crippen LogP contribution is 2.30. The van der Waals surface area contributed by atoms with Crippen LogP contribution < -0.4 is 0 Å². The molecule has 0 aromatic carbocycles. The van der Waals surface area contributed by atoms with Gasteiger partial charge in [-0.3, -0.25) is 0 Å². The van der Waals surface area contributed by atoms with Crippen LogP contribution in [0.4, 0.5) is 17.6 Å².